The van der Waals surface area contributed by atoms with Gasteiger partial charge in [0.2, 0.25) is 5.95 Å². The van der Waals surface area contributed by atoms with Crippen molar-refractivity contribution in [3.05, 3.63) is 47.8 Å². The van der Waals surface area contributed by atoms with Crippen LogP contribution in [0.25, 0.3) is 0 Å². The second-order valence-corrected chi connectivity index (χ2v) is 6.23. The van der Waals surface area contributed by atoms with Crippen molar-refractivity contribution in [1.82, 2.24) is 15.3 Å². The maximum Gasteiger partial charge on any atom is 0.270 e. The van der Waals surface area contributed by atoms with E-state index >= 15 is 0 Å². The van der Waals surface area contributed by atoms with E-state index in [9.17, 15) is 9.59 Å². The maximum atomic E-state index is 12.1. The van der Waals surface area contributed by atoms with Gasteiger partial charge in [0.1, 0.15) is 5.69 Å². The summed E-state index contributed by atoms with van der Waals surface area (Å²) in [6, 6.07) is 8.54. The Labute approximate surface area is 135 Å². The summed E-state index contributed by atoms with van der Waals surface area (Å²) in [6.45, 7) is 7.23. The van der Waals surface area contributed by atoms with Crippen molar-refractivity contribution in [2.45, 2.75) is 33.2 Å². The highest BCUT2D eigenvalue weighted by Crippen LogP contribution is 2.14. The van der Waals surface area contributed by atoms with Crippen molar-refractivity contribution in [3.8, 4) is 0 Å². The van der Waals surface area contributed by atoms with Gasteiger partial charge in [0.05, 0.1) is 0 Å². The Morgan fingerprint density at radius 1 is 1.04 bits per heavy atom. The van der Waals surface area contributed by atoms with Gasteiger partial charge in [-0.15, -0.1) is 0 Å². The molecule has 1 amide bonds. The number of carbonyl (C=O) groups excluding carboxylic acids is 2. The number of nitrogens with zero attached hydrogens (tertiary/aromatic N) is 2. The molecular weight excluding hydrogens is 292 g/mol. The van der Waals surface area contributed by atoms with Gasteiger partial charge in [0.25, 0.3) is 5.91 Å². The normalized spacial score (nSPS) is 11.0. The largest absolute Gasteiger partial charge is 0.346 e. The third-order valence-electron chi connectivity index (χ3n) is 2.92. The zero-order chi connectivity index (χ0) is 17.0. The fourth-order valence-electron chi connectivity index (χ4n) is 1.87. The predicted octanol–water partition coefficient (Wildman–Crippen LogP) is 2.95. The first-order valence-electron chi connectivity index (χ1n) is 7.28. The lowest BCUT2D eigenvalue weighted by molar-refractivity contribution is 0.0913. The fraction of sp³-hybridized carbons (Fsp3) is 0.294. The molecule has 120 valence electrons. The molecule has 0 saturated carbocycles. The lowest BCUT2D eigenvalue weighted by atomic mass is 10.1. The van der Waals surface area contributed by atoms with Crippen molar-refractivity contribution < 1.29 is 9.59 Å². The highest BCUT2D eigenvalue weighted by atomic mass is 16.2. The van der Waals surface area contributed by atoms with Crippen LogP contribution in [0.2, 0.25) is 0 Å². The SMILES string of the molecule is CC(=O)c1ccc(Nc2nccc(C(=O)NC(C)(C)C)n2)cc1. The summed E-state index contributed by atoms with van der Waals surface area (Å²) < 4.78 is 0. The molecule has 0 unspecified atom stereocenters. The molecule has 1 heterocycles. The monoisotopic (exact) mass is 312 g/mol. The molecule has 0 bridgehead atoms. The molecule has 2 aromatic rings. The van der Waals surface area contributed by atoms with Crippen LogP contribution < -0.4 is 10.6 Å². The van der Waals surface area contributed by atoms with E-state index in [1.807, 2.05) is 20.8 Å². The van der Waals surface area contributed by atoms with E-state index in [-0.39, 0.29) is 22.9 Å². The Balaban J connectivity index is 2.13. The molecule has 1 aromatic carbocycles. The molecular formula is C17H20N4O2. The summed E-state index contributed by atoms with van der Waals surface area (Å²) in [6.07, 6.45) is 1.52. The lowest BCUT2D eigenvalue weighted by Gasteiger charge is -2.20. The van der Waals surface area contributed by atoms with Gasteiger partial charge in [-0.2, -0.15) is 0 Å². The Bertz CT molecular complexity index is 718. The second kappa shape index (κ2) is 6.56. The van der Waals surface area contributed by atoms with E-state index in [1.165, 1.54) is 13.1 Å². The van der Waals surface area contributed by atoms with Crippen molar-refractivity contribution in [3.63, 3.8) is 0 Å². The Kier molecular flexibility index (Phi) is 4.74. The summed E-state index contributed by atoms with van der Waals surface area (Å²) in [7, 11) is 0. The zero-order valence-corrected chi connectivity index (χ0v) is 13.7. The molecule has 2 N–H and O–H groups in total. The molecule has 6 nitrogen and oxygen atoms in total. The Morgan fingerprint density at radius 2 is 1.70 bits per heavy atom. The topological polar surface area (TPSA) is 84.0 Å². The molecule has 23 heavy (non-hydrogen) atoms. The first kappa shape index (κ1) is 16.6. The van der Waals surface area contributed by atoms with Crippen LogP contribution in [0.3, 0.4) is 0 Å². The van der Waals surface area contributed by atoms with Crippen molar-refractivity contribution in [2.24, 2.45) is 0 Å². The Hall–Kier alpha value is -2.76. The van der Waals surface area contributed by atoms with Crippen LogP contribution in [0, 0.1) is 0 Å². The third-order valence-corrected chi connectivity index (χ3v) is 2.92. The van der Waals surface area contributed by atoms with E-state index in [1.54, 1.807) is 30.3 Å². The van der Waals surface area contributed by atoms with Gasteiger partial charge in [-0.1, -0.05) is 0 Å². The molecule has 0 aliphatic heterocycles. The number of amides is 1. The van der Waals surface area contributed by atoms with Crippen LogP contribution in [0.5, 0.6) is 0 Å². The number of aromatic nitrogens is 2. The minimum Gasteiger partial charge on any atom is -0.346 e. The van der Waals surface area contributed by atoms with E-state index in [0.717, 1.165) is 5.69 Å². The maximum absolute atomic E-state index is 12.1. The molecule has 6 heteroatoms. The summed E-state index contributed by atoms with van der Waals surface area (Å²) in [4.78, 5) is 31.7. The summed E-state index contributed by atoms with van der Waals surface area (Å²) in [5, 5.41) is 5.87. The van der Waals surface area contributed by atoms with Gasteiger partial charge >= 0.3 is 0 Å². The molecule has 0 radical (unpaired) electrons. The van der Waals surface area contributed by atoms with Crippen molar-refractivity contribution >= 4 is 23.3 Å². The molecule has 0 atom stereocenters. The van der Waals surface area contributed by atoms with Crippen molar-refractivity contribution in [1.29, 1.82) is 0 Å². The smallest absolute Gasteiger partial charge is 0.270 e. The average molecular weight is 312 g/mol. The fourth-order valence-corrected chi connectivity index (χ4v) is 1.87. The van der Waals surface area contributed by atoms with Gasteiger partial charge in [-0.25, -0.2) is 9.97 Å². The van der Waals surface area contributed by atoms with E-state index in [2.05, 4.69) is 20.6 Å². The second-order valence-electron chi connectivity index (χ2n) is 6.23. The van der Waals surface area contributed by atoms with Crippen LogP contribution in [0.1, 0.15) is 48.5 Å². The highest BCUT2D eigenvalue weighted by molar-refractivity contribution is 5.94. The van der Waals surface area contributed by atoms with Crippen LogP contribution in [-0.4, -0.2) is 27.2 Å². The van der Waals surface area contributed by atoms with E-state index in [0.29, 0.717) is 11.5 Å². The molecule has 0 spiro atoms. The van der Waals surface area contributed by atoms with Crippen LogP contribution >= 0.6 is 0 Å². The minimum atomic E-state index is -0.335. The zero-order valence-electron chi connectivity index (χ0n) is 13.7. The van der Waals surface area contributed by atoms with E-state index < -0.39 is 0 Å². The number of nitrogens with one attached hydrogen (secondary N) is 2. The quantitative estimate of drug-likeness (QED) is 0.848. The number of carbonyl (C=O) groups is 2. The number of hydrogen-bond donors (Lipinski definition) is 2. The number of Topliss-reactive ketones (excluding diaryl/α,β-unsaturated/α-hetero) is 1. The first-order chi connectivity index (χ1) is 10.7. The first-order valence-corrected chi connectivity index (χ1v) is 7.28. The number of hydrogen-bond acceptors (Lipinski definition) is 5. The number of ketones is 1. The summed E-state index contributed by atoms with van der Waals surface area (Å²) >= 11 is 0. The van der Waals surface area contributed by atoms with Crippen LogP contribution in [0.4, 0.5) is 11.6 Å². The molecule has 1 aromatic heterocycles. The predicted molar refractivity (Wildman–Crippen MR) is 89.0 cm³/mol. The van der Waals surface area contributed by atoms with E-state index in [4.69, 9.17) is 0 Å². The summed E-state index contributed by atoms with van der Waals surface area (Å²) in [5.74, 6) is 0.0747. The highest BCUT2D eigenvalue weighted by Gasteiger charge is 2.16. The Morgan fingerprint density at radius 3 is 2.26 bits per heavy atom. The molecule has 2 rings (SSSR count). The number of benzene rings is 1. The minimum absolute atomic E-state index is 0.00801. The van der Waals surface area contributed by atoms with Crippen LogP contribution in [-0.2, 0) is 0 Å². The van der Waals surface area contributed by atoms with Gasteiger partial charge < -0.3 is 10.6 Å². The lowest BCUT2D eigenvalue weighted by Crippen LogP contribution is -2.41. The van der Waals surface area contributed by atoms with Gasteiger partial charge in [0.15, 0.2) is 5.78 Å². The average Bonchev–Trinajstić information content (AvgIpc) is 2.46. The van der Waals surface area contributed by atoms with Gasteiger partial charge in [-0.3, -0.25) is 9.59 Å². The molecule has 0 fully saturated rings. The van der Waals surface area contributed by atoms with Gasteiger partial charge in [0, 0.05) is 23.0 Å². The van der Waals surface area contributed by atoms with Crippen molar-refractivity contribution in [2.75, 3.05) is 5.32 Å². The molecule has 0 saturated heterocycles. The molecule has 0 aliphatic carbocycles. The standard InChI is InChI=1S/C17H20N4O2/c1-11(22)12-5-7-13(8-6-12)19-16-18-10-9-14(20-16)15(23)21-17(2,3)4/h5-10H,1-4H3,(H,21,23)(H,18,19,20). The molecule has 0 aliphatic rings. The summed E-state index contributed by atoms with van der Waals surface area (Å²) in [5.41, 5.74) is 1.33. The number of anilines is 2. The van der Waals surface area contributed by atoms with Crippen LogP contribution in [0.15, 0.2) is 36.5 Å². The number of rotatable bonds is 4. The van der Waals surface area contributed by atoms with Gasteiger partial charge in [-0.05, 0) is 58.0 Å². The third kappa shape index (κ3) is 4.88.